The molecule has 0 radical (unpaired) electrons. The molecule has 0 amide bonds. The van der Waals surface area contributed by atoms with Crippen molar-refractivity contribution in [2.45, 2.75) is 40.0 Å². The molecule has 0 saturated heterocycles. The van der Waals surface area contributed by atoms with Gasteiger partial charge >= 0.3 is 0 Å². The maximum Gasteiger partial charge on any atom is 0.167 e. The summed E-state index contributed by atoms with van der Waals surface area (Å²) in [6, 6.07) is 5.26. The van der Waals surface area contributed by atoms with Crippen LogP contribution in [0.25, 0.3) is 0 Å². The molecule has 1 N–H and O–H groups in total. The molecular formula is C16H26FNO. The van der Waals surface area contributed by atoms with E-state index in [2.05, 4.69) is 19.2 Å². The van der Waals surface area contributed by atoms with Gasteiger partial charge in [0.2, 0.25) is 0 Å². The zero-order chi connectivity index (χ0) is 14.1. The van der Waals surface area contributed by atoms with E-state index in [9.17, 15) is 4.39 Å². The first-order chi connectivity index (χ1) is 9.11. The highest BCUT2D eigenvalue weighted by atomic mass is 19.1. The molecule has 1 aromatic carbocycles. The average Bonchev–Trinajstić information content (AvgIpc) is 2.37. The number of rotatable bonds is 9. The first-order valence-electron chi connectivity index (χ1n) is 7.20. The minimum Gasteiger partial charge on any atom is -0.491 e. The van der Waals surface area contributed by atoms with Crippen LogP contribution in [0, 0.1) is 18.7 Å². The summed E-state index contributed by atoms with van der Waals surface area (Å²) in [6.45, 7) is 8.88. The summed E-state index contributed by atoms with van der Waals surface area (Å²) in [5.41, 5.74) is 0.635. The van der Waals surface area contributed by atoms with E-state index in [1.807, 2.05) is 6.07 Å². The van der Waals surface area contributed by atoms with Gasteiger partial charge in [0, 0.05) is 0 Å². The molecule has 2 nitrogen and oxygen atoms in total. The molecule has 1 aromatic rings. The van der Waals surface area contributed by atoms with Crippen LogP contribution in [-0.4, -0.2) is 19.7 Å². The van der Waals surface area contributed by atoms with Crippen molar-refractivity contribution in [3.63, 3.8) is 0 Å². The molecule has 0 aliphatic carbocycles. The van der Waals surface area contributed by atoms with Crippen molar-refractivity contribution in [3.8, 4) is 5.75 Å². The Labute approximate surface area is 116 Å². The van der Waals surface area contributed by atoms with Crippen LogP contribution in [0.1, 0.15) is 38.7 Å². The Balaban J connectivity index is 2.06. The highest BCUT2D eigenvalue weighted by molar-refractivity contribution is 5.29. The van der Waals surface area contributed by atoms with Crippen molar-refractivity contribution in [3.05, 3.63) is 29.6 Å². The van der Waals surface area contributed by atoms with Crippen LogP contribution in [0.2, 0.25) is 0 Å². The quantitative estimate of drug-likeness (QED) is 0.684. The zero-order valence-electron chi connectivity index (χ0n) is 12.3. The Morgan fingerprint density at radius 3 is 2.74 bits per heavy atom. The number of benzene rings is 1. The molecule has 0 fully saturated rings. The van der Waals surface area contributed by atoms with Crippen LogP contribution >= 0.6 is 0 Å². The molecule has 3 heteroatoms. The fourth-order valence-corrected chi connectivity index (χ4v) is 1.83. The number of nitrogens with one attached hydrogen (secondary N) is 1. The summed E-state index contributed by atoms with van der Waals surface area (Å²) < 4.78 is 19.1. The Hall–Kier alpha value is -1.09. The van der Waals surface area contributed by atoms with Crippen molar-refractivity contribution in [2.24, 2.45) is 5.92 Å². The number of unbranched alkanes of at least 4 members (excludes halogenated alkanes) is 2. The highest BCUT2D eigenvalue weighted by Gasteiger charge is 2.04. The lowest BCUT2D eigenvalue weighted by Gasteiger charge is -2.09. The maximum atomic E-state index is 13.6. The van der Waals surface area contributed by atoms with Gasteiger partial charge in [0.15, 0.2) is 11.6 Å². The largest absolute Gasteiger partial charge is 0.491 e. The topological polar surface area (TPSA) is 21.3 Å². The van der Waals surface area contributed by atoms with E-state index < -0.39 is 0 Å². The summed E-state index contributed by atoms with van der Waals surface area (Å²) in [5.74, 6) is 0.840. The lowest BCUT2D eigenvalue weighted by atomic mass is 10.2. The molecule has 0 unspecified atom stereocenters. The monoisotopic (exact) mass is 267 g/mol. The van der Waals surface area contributed by atoms with Crippen molar-refractivity contribution in [2.75, 3.05) is 19.7 Å². The molecule has 1 rings (SSSR count). The Kier molecular flexibility index (Phi) is 7.49. The number of hydrogen-bond acceptors (Lipinski definition) is 2. The third-order valence-corrected chi connectivity index (χ3v) is 2.96. The van der Waals surface area contributed by atoms with Crippen LogP contribution < -0.4 is 10.1 Å². The predicted molar refractivity (Wildman–Crippen MR) is 78.2 cm³/mol. The smallest absolute Gasteiger partial charge is 0.167 e. The summed E-state index contributed by atoms with van der Waals surface area (Å²) in [6.07, 6.45) is 3.22. The molecule has 0 aliphatic heterocycles. The van der Waals surface area contributed by atoms with Gasteiger partial charge in [0.1, 0.15) is 0 Å². The fourth-order valence-electron chi connectivity index (χ4n) is 1.83. The first-order valence-corrected chi connectivity index (χ1v) is 7.20. The van der Waals surface area contributed by atoms with Gasteiger partial charge in [-0.05, 0) is 56.8 Å². The molecule has 108 valence electrons. The second kappa shape index (κ2) is 8.92. The van der Waals surface area contributed by atoms with Crippen molar-refractivity contribution in [1.29, 1.82) is 0 Å². The van der Waals surface area contributed by atoms with E-state index in [4.69, 9.17) is 4.74 Å². The number of hydrogen-bond donors (Lipinski definition) is 1. The number of ether oxygens (including phenoxy) is 1. The van der Waals surface area contributed by atoms with Crippen molar-refractivity contribution >= 4 is 0 Å². The van der Waals surface area contributed by atoms with E-state index in [1.54, 1.807) is 19.1 Å². The first kappa shape index (κ1) is 16.0. The van der Waals surface area contributed by atoms with Gasteiger partial charge in [-0.15, -0.1) is 0 Å². The standard InChI is InChI=1S/C16H26FNO/c1-13(2)12-18-10-5-4-6-11-19-15-9-7-8-14(3)16(15)17/h7-9,13,18H,4-6,10-12H2,1-3H3. The average molecular weight is 267 g/mol. The Bertz CT molecular complexity index is 366. The lowest BCUT2D eigenvalue weighted by molar-refractivity contribution is 0.289. The maximum absolute atomic E-state index is 13.6. The second-order valence-corrected chi connectivity index (χ2v) is 5.39. The van der Waals surface area contributed by atoms with Gasteiger partial charge in [-0.25, -0.2) is 4.39 Å². The van der Waals surface area contributed by atoms with Crippen molar-refractivity contribution in [1.82, 2.24) is 5.32 Å². The van der Waals surface area contributed by atoms with Crippen molar-refractivity contribution < 1.29 is 9.13 Å². The van der Waals surface area contributed by atoms with E-state index in [1.165, 1.54) is 0 Å². The summed E-state index contributed by atoms with van der Waals surface area (Å²) in [7, 11) is 0. The Morgan fingerprint density at radius 1 is 1.21 bits per heavy atom. The van der Waals surface area contributed by atoms with Gasteiger partial charge in [-0.3, -0.25) is 0 Å². The van der Waals surface area contributed by atoms with Crippen LogP contribution in [0.5, 0.6) is 5.75 Å². The van der Waals surface area contributed by atoms with Gasteiger partial charge in [0.05, 0.1) is 6.61 Å². The van der Waals surface area contributed by atoms with E-state index in [0.29, 0.717) is 23.8 Å². The lowest BCUT2D eigenvalue weighted by Crippen LogP contribution is -2.20. The molecule has 0 heterocycles. The minimum absolute atomic E-state index is 0.235. The van der Waals surface area contributed by atoms with Crippen LogP contribution in [0.3, 0.4) is 0 Å². The van der Waals surface area contributed by atoms with Gasteiger partial charge in [0.25, 0.3) is 0 Å². The van der Waals surface area contributed by atoms with Crippen LogP contribution in [-0.2, 0) is 0 Å². The predicted octanol–water partition coefficient (Wildman–Crippen LogP) is 3.93. The summed E-state index contributed by atoms with van der Waals surface area (Å²) in [5, 5.41) is 3.41. The Morgan fingerprint density at radius 2 is 2.00 bits per heavy atom. The zero-order valence-corrected chi connectivity index (χ0v) is 12.3. The third-order valence-electron chi connectivity index (χ3n) is 2.96. The number of aryl methyl sites for hydroxylation is 1. The molecular weight excluding hydrogens is 241 g/mol. The van der Waals surface area contributed by atoms with Gasteiger partial charge in [-0.1, -0.05) is 26.0 Å². The summed E-state index contributed by atoms with van der Waals surface area (Å²) in [4.78, 5) is 0. The number of halogens is 1. The molecule has 0 aromatic heterocycles. The second-order valence-electron chi connectivity index (χ2n) is 5.39. The molecule has 0 saturated carbocycles. The molecule has 0 aliphatic rings. The molecule has 19 heavy (non-hydrogen) atoms. The van der Waals surface area contributed by atoms with E-state index in [0.717, 1.165) is 32.4 Å². The molecule has 0 spiro atoms. The highest BCUT2D eigenvalue weighted by Crippen LogP contribution is 2.19. The molecule has 0 bridgehead atoms. The van der Waals surface area contributed by atoms with Gasteiger partial charge in [-0.2, -0.15) is 0 Å². The fraction of sp³-hybridized carbons (Fsp3) is 0.625. The SMILES string of the molecule is Cc1cccc(OCCCCCNCC(C)C)c1F. The van der Waals surface area contributed by atoms with Gasteiger partial charge < -0.3 is 10.1 Å². The third kappa shape index (κ3) is 6.58. The molecule has 0 atom stereocenters. The minimum atomic E-state index is -0.235. The van der Waals surface area contributed by atoms with Crippen LogP contribution in [0.15, 0.2) is 18.2 Å². The van der Waals surface area contributed by atoms with E-state index >= 15 is 0 Å². The van der Waals surface area contributed by atoms with Crippen LogP contribution in [0.4, 0.5) is 4.39 Å². The normalized spacial score (nSPS) is 11.0. The summed E-state index contributed by atoms with van der Waals surface area (Å²) >= 11 is 0. The van der Waals surface area contributed by atoms with E-state index in [-0.39, 0.29) is 5.82 Å².